The molecule has 22 heavy (non-hydrogen) atoms. The van der Waals surface area contributed by atoms with E-state index in [9.17, 15) is 4.79 Å². The molecular weight excluding hydrogens is 274 g/mol. The second kappa shape index (κ2) is 7.14. The summed E-state index contributed by atoms with van der Waals surface area (Å²) in [6.45, 7) is 8.73. The van der Waals surface area contributed by atoms with Crippen LogP contribution < -0.4 is 4.90 Å². The third-order valence-electron chi connectivity index (χ3n) is 4.86. The monoisotopic (exact) mass is 301 g/mol. The minimum absolute atomic E-state index is 0.201. The molecule has 0 atom stereocenters. The van der Waals surface area contributed by atoms with E-state index in [-0.39, 0.29) is 5.91 Å². The number of rotatable bonds is 3. The number of hydrogen-bond acceptors (Lipinski definition) is 3. The lowest BCUT2D eigenvalue weighted by molar-refractivity contribution is -0.130. The molecule has 2 aliphatic heterocycles. The molecule has 0 saturated carbocycles. The van der Waals surface area contributed by atoms with Crippen molar-refractivity contribution in [2.45, 2.75) is 32.7 Å². The fraction of sp³-hybridized carbons (Fsp3) is 0.611. The summed E-state index contributed by atoms with van der Waals surface area (Å²) in [5.41, 5.74) is 2.76. The molecule has 0 aromatic heterocycles. The molecule has 1 amide bonds. The Morgan fingerprint density at radius 3 is 2.41 bits per heavy atom. The topological polar surface area (TPSA) is 26.8 Å². The molecule has 4 nitrogen and oxygen atoms in total. The third kappa shape index (κ3) is 3.80. The van der Waals surface area contributed by atoms with Crippen LogP contribution in [-0.2, 0) is 11.3 Å². The summed E-state index contributed by atoms with van der Waals surface area (Å²) in [7, 11) is 0. The number of carbonyl (C=O) groups excluding carboxylic acids is 1. The van der Waals surface area contributed by atoms with Crippen LogP contribution in [0, 0.1) is 0 Å². The van der Waals surface area contributed by atoms with Gasteiger partial charge in [-0.2, -0.15) is 0 Å². The molecule has 3 rings (SSSR count). The minimum atomic E-state index is 0.201. The number of amides is 1. The first-order valence-corrected chi connectivity index (χ1v) is 8.54. The average Bonchev–Trinajstić information content (AvgIpc) is 2.56. The van der Waals surface area contributed by atoms with Crippen molar-refractivity contribution in [3.05, 3.63) is 29.8 Å². The van der Waals surface area contributed by atoms with E-state index in [1.54, 1.807) is 6.92 Å². The third-order valence-corrected chi connectivity index (χ3v) is 4.86. The predicted molar refractivity (Wildman–Crippen MR) is 90.0 cm³/mol. The van der Waals surface area contributed by atoms with E-state index in [1.165, 1.54) is 43.6 Å². The highest BCUT2D eigenvalue weighted by Gasteiger charge is 2.19. The number of piperidine rings is 1. The Labute approximate surface area is 133 Å². The summed E-state index contributed by atoms with van der Waals surface area (Å²) < 4.78 is 0. The van der Waals surface area contributed by atoms with E-state index in [0.29, 0.717) is 0 Å². The number of anilines is 1. The van der Waals surface area contributed by atoms with Crippen LogP contribution in [0.5, 0.6) is 0 Å². The minimum Gasteiger partial charge on any atom is -0.372 e. The van der Waals surface area contributed by atoms with Gasteiger partial charge in [0.1, 0.15) is 0 Å². The van der Waals surface area contributed by atoms with Gasteiger partial charge in [0, 0.05) is 58.4 Å². The summed E-state index contributed by atoms with van der Waals surface area (Å²) in [5, 5.41) is 0. The smallest absolute Gasteiger partial charge is 0.219 e. The van der Waals surface area contributed by atoms with Crippen molar-refractivity contribution in [2.24, 2.45) is 0 Å². The normalized spacial score (nSPS) is 20.2. The summed E-state index contributed by atoms with van der Waals surface area (Å²) >= 11 is 0. The highest BCUT2D eigenvalue weighted by atomic mass is 16.2. The molecule has 0 spiro atoms. The molecule has 0 N–H and O–H groups in total. The van der Waals surface area contributed by atoms with Gasteiger partial charge in [-0.3, -0.25) is 9.69 Å². The van der Waals surface area contributed by atoms with Gasteiger partial charge >= 0.3 is 0 Å². The van der Waals surface area contributed by atoms with E-state index in [1.807, 2.05) is 4.90 Å². The SMILES string of the molecule is CC(=O)N1CCN(Cc2cccc(N3CCCCC3)c2)CC1. The van der Waals surface area contributed by atoms with Crippen LogP contribution in [0.1, 0.15) is 31.7 Å². The van der Waals surface area contributed by atoms with Gasteiger partial charge in [-0.05, 0) is 37.0 Å². The number of carbonyl (C=O) groups is 1. The zero-order valence-corrected chi connectivity index (χ0v) is 13.6. The number of hydrogen-bond donors (Lipinski definition) is 0. The van der Waals surface area contributed by atoms with Gasteiger partial charge in [-0.15, -0.1) is 0 Å². The largest absolute Gasteiger partial charge is 0.372 e. The second-order valence-electron chi connectivity index (χ2n) is 6.50. The van der Waals surface area contributed by atoms with Gasteiger partial charge < -0.3 is 9.80 Å². The Balaban J connectivity index is 1.58. The maximum Gasteiger partial charge on any atom is 0.219 e. The molecule has 2 heterocycles. The zero-order valence-electron chi connectivity index (χ0n) is 13.6. The van der Waals surface area contributed by atoms with Crippen molar-refractivity contribution in [1.29, 1.82) is 0 Å². The first kappa shape index (κ1) is 15.3. The Kier molecular flexibility index (Phi) is 4.98. The van der Waals surface area contributed by atoms with Gasteiger partial charge in [0.2, 0.25) is 5.91 Å². The molecule has 1 aromatic carbocycles. The number of benzene rings is 1. The van der Waals surface area contributed by atoms with Gasteiger partial charge in [0.15, 0.2) is 0 Å². The predicted octanol–water partition coefficient (Wildman–Crippen LogP) is 2.34. The van der Waals surface area contributed by atoms with Crippen LogP contribution >= 0.6 is 0 Å². The van der Waals surface area contributed by atoms with Gasteiger partial charge in [0.25, 0.3) is 0 Å². The van der Waals surface area contributed by atoms with Crippen molar-refractivity contribution in [1.82, 2.24) is 9.80 Å². The van der Waals surface area contributed by atoms with E-state index in [0.717, 1.165) is 32.7 Å². The molecule has 2 fully saturated rings. The molecule has 0 radical (unpaired) electrons. The van der Waals surface area contributed by atoms with Crippen LogP contribution in [0.3, 0.4) is 0 Å². The van der Waals surface area contributed by atoms with Crippen LogP contribution in [0.25, 0.3) is 0 Å². The first-order chi connectivity index (χ1) is 10.7. The Bertz CT molecular complexity index is 503. The molecule has 120 valence electrons. The van der Waals surface area contributed by atoms with Crippen LogP contribution in [0.2, 0.25) is 0 Å². The lowest BCUT2D eigenvalue weighted by Crippen LogP contribution is -2.47. The second-order valence-corrected chi connectivity index (χ2v) is 6.50. The summed E-state index contributed by atoms with van der Waals surface area (Å²) in [4.78, 5) is 18.3. The number of piperazine rings is 1. The molecule has 0 aliphatic carbocycles. The Hall–Kier alpha value is -1.55. The average molecular weight is 301 g/mol. The molecule has 4 heteroatoms. The van der Waals surface area contributed by atoms with Crippen LogP contribution in [-0.4, -0.2) is 55.0 Å². The zero-order chi connectivity index (χ0) is 15.4. The van der Waals surface area contributed by atoms with E-state index in [4.69, 9.17) is 0 Å². The lowest BCUT2D eigenvalue weighted by atomic mass is 10.1. The first-order valence-electron chi connectivity index (χ1n) is 8.54. The molecule has 1 aromatic rings. The Morgan fingerprint density at radius 2 is 1.73 bits per heavy atom. The summed E-state index contributed by atoms with van der Waals surface area (Å²) in [6, 6.07) is 9.00. The van der Waals surface area contributed by atoms with Crippen molar-refractivity contribution in [2.75, 3.05) is 44.2 Å². The molecular formula is C18H27N3O. The van der Waals surface area contributed by atoms with Crippen LogP contribution in [0.4, 0.5) is 5.69 Å². The molecule has 0 bridgehead atoms. The fourth-order valence-corrected chi connectivity index (χ4v) is 3.48. The lowest BCUT2D eigenvalue weighted by Gasteiger charge is -2.34. The van der Waals surface area contributed by atoms with Gasteiger partial charge in [-0.1, -0.05) is 12.1 Å². The van der Waals surface area contributed by atoms with Crippen molar-refractivity contribution in [3.63, 3.8) is 0 Å². The number of nitrogens with zero attached hydrogens (tertiary/aromatic N) is 3. The van der Waals surface area contributed by atoms with E-state index >= 15 is 0 Å². The molecule has 2 aliphatic rings. The molecule has 2 saturated heterocycles. The highest BCUT2D eigenvalue weighted by Crippen LogP contribution is 2.21. The summed E-state index contributed by atoms with van der Waals surface area (Å²) in [6.07, 6.45) is 4.01. The molecule has 0 unspecified atom stereocenters. The highest BCUT2D eigenvalue weighted by molar-refractivity contribution is 5.73. The van der Waals surface area contributed by atoms with Crippen molar-refractivity contribution < 1.29 is 4.79 Å². The fourth-order valence-electron chi connectivity index (χ4n) is 3.48. The van der Waals surface area contributed by atoms with Crippen LogP contribution in [0.15, 0.2) is 24.3 Å². The maximum absolute atomic E-state index is 11.4. The standard InChI is InChI=1S/C18H27N3O/c1-16(22)20-12-10-19(11-13-20)15-17-6-5-7-18(14-17)21-8-3-2-4-9-21/h5-7,14H,2-4,8-13,15H2,1H3. The maximum atomic E-state index is 11.4. The van der Waals surface area contributed by atoms with Gasteiger partial charge in [-0.25, -0.2) is 0 Å². The van der Waals surface area contributed by atoms with Crippen molar-refractivity contribution in [3.8, 4) is 0 Å². The van der Waals surface area contributed by atoms with E-state index in [2.05, 4.69) is 34.1 Å². The Morgan fingerprint density at radius 1 is 1.00 bits per heavy atom. The van der Waals surface area contributed by atoms with Crippen molar-refractivity contribution >= 4 is 11.6 Å². The summed E-state index contributed by atoms with van der Waals surface area (Å²) in [5.74, 6) is 0.201. The quantitative estimate of drug-likeness (QED) is 0.857. The van der Waals surface area contributed by atoms with E-state index < -0.39 is 0 Å². The van der Waals surface area contributed by atoms with Gasteiger partial charge in [0.05, 0.1) is 0 Å².